The molecule has 108 valence electrons. The van der Waals surface area contributed by atoms with Crippen molar-refractivity contribution in [2.24, 2.45) is 5.92 Å². The highest BCUT2D eigenvalue weighted by Crippen LogP contribution is 2.22. The lowest BCUT2D eigenvalue weighted by atomic mass is 9.93. The first-order chi connectivity index (χ1) is 9.63. The van der Waals surface area contributed by atoms with Crippen molar-refractivity contribution in [2.45, 2.75) is 39.2 Å². The van der Waals surface area contributed by atoms with Crippen LogP contribution in [0.5, 0.6) is 5.75 Å². The van der Waals surface area contributed by atoms with E-state index in [2.05, 4.69) is 28.9 Å². The second-order valence-corrected chi connectivity index (χ2v) is 6.03. The van der Waals surface area contributed by atoms with Crippen LogP contribution in [0.2, 0.25) is 0 Å². The molecule has 0 aliphatic carbocycles. The summed E-state index contributed by atoms with van der Waals surface area (Å²) < 4.78 is 1.91. The van der Waals surface area contributed by atoms with Crippen LogP contribution < -0.4 is 0 Å². The van der Waals surface area contributed by atoms with Crippen LogP contribution in [0, 0.1) is 5.92 Å². The first kappa shape index (κ1) is 13.4. The standard InChI is InChI=1S/C15H22N4O/c1-11(2)18-7-3-4-12(9-18)8-15-17-16-14-6-5-13(20)10-19(14)15/h5-6,10-12,20H,3-4,7-9H2,1-2H3. The number of likely N-dealkylation sites (tertiary alicyclic amines) is 1. The topological polar surface area (TPSA) is 53.7 Å². The first-order valence-corrected chi connectivity index (χ1v) is 7.40. The summed E-state index contributed by atoms with van der Waals surface area (Å²) in [5.41, 5.74) is 0.800. The van der Waals surface area contributed by atoms with E-state index in [-0.39, 0.29) is 5.75 Å². The molecule has 5 heteroatoms. The molecular weight excluding hydrogens is 252 g/mol. The number of aromatic hydroxyl groups is 1. The van der Waals surface area contributed by atoms with E-state index in [4.69, 9.17) is 0 Å². The molecule has 3 heterocycles. The fraction of sp³-hybridized carbons (Fsp3) is 0.600. The molecule has 3 rings (SSSR count). The second kappa shape index (κ2) is 5.40. The third-order valence-electron chi connectivity index (χ3n) is 4.21. The predicted octanol–water partition coefficient (Wildman–Crippen LogP) is 2.10. The van der Waals surface area contributed by atoms with Crippen LogP contribution in [0.15, 0.2) is 18.3 Å². The van der Waals surface area contributed by atoms with E-state index in [1.54, 1.807) is 18.3 Å². The lowest BCUT2D eigenvalue weighted by molar-refractivity contribution is 0.138. The Bertz CT molecular complexity index is 593. The minimum Gasteiger partial charge on any atom is -0.506 e. The molecule has 0 amide bonds. The summed E-state index contributed by atoms with van der Waals surface area (Å²) in [4.78, 5) is 2.54. The second-order valence-electron chi connectivity index (χ2n) is 6.03. The summed E-state index contributed by atoms with van der Waals surface area (Å²) in [6, 6.07) is 4.05. The molecule has 2 aromatic heterocycles. The zero-order valence-electron chi connectivity index (χ0n) is 12.2. The summed E-state index contributed by atoms with van der Waals surface area (Å²) in [6.45, 7) is 6.85. The molecule has 0 saturated carbocycles. The molecule has 1 N–H and O–H groups in total. The number of hydrogen-bond acceptors (Lipinski definition) is 4. The summed E-state index contributed by atoms with van der Waals surface area (Å²) >= 11 is 0. The molecule has 1 aliphatic heterocycles. The van der Waals surface area contributed by atoms with E-state index in [0.29, 0.717) is 12.0 Å². The Morgan fingerprint density at radius 2 is 2.20 bits per heavy atom. The fourth-order valence-electron chi connectivity index (χ4n) is 3.06. The normalized spacial score (nSPS) is 20.9. The number of pyridine rings is 1. The lowest BCUT2D eigenvalue weighted by Crippen LogP contribution is -2.40. The van der Waals surface area contributed by atoms with Crippen molar-refractivity contribution in [2.75, 3.05) is 13.1 Å². The number of rotatable bonds is 3. The zero-order valence-corrected chi connectivity index (χ0v) is 12.2. The van der Waals surface area contributed by atoms with E-state index in [0.717, 1.165) is 24.4 Å². The minimum absolute atomic E-state index is 0.256. The average Bonchev–Trinajstić information content (AvgIpc) is 2.82. The van der Waals surface area contributed by atoms with Crippen LogP contribution in [0.25, 0.3) is 5.65 Å². The number of nitrogens with zero attached hydrogens (tertiary/aromatic N) is 4. The molecule has 5 nitrogen and oxygen atoms in total. The van der Waals surface area contributed by atoms with Gasteiger partial charge in [0.05, 0.1) is 6.20 Å². The van der Waals surface area contributed by atoms with Crippen molar-refractivity contribution in [3.05, 3.63) is 24.2 Å². The minimum atomic E-state index is 0.256. The van der Waals surface area contributed by atoms with Gasteiger partial charge >= 0.3 is 0 Å². The van der Waals surface area contributed by atoms with E-state index < -0.39 is 0 Å². The molecule has 1 fully saturated rings. The third-order valence-corrected chi connectivity index (χ3v) is 4.21. The highest BCUT2D eigenvalue weighted by Gasteiger charge is 2.23. The summed E-state index contributed by atoms with van der Waals surface area (Å²) in [5, 5.41) is 18.1. The molecule has 1 aliphatic rings. The Balaban J connectivity index is 1.77. The maximum Gasteiger partial charge on any atom is 0.161 e. The number of hydrogen-bond donors (Lipinski definition) is 1. The van der Waals surface area contributed by atoms with Gasteiger partial charge in [-0.05, 0) is 51.3 Å². The van der Waals surface area contributed by atoms with E-state index >= 15 is 0 Å². The van der Waals surface area contributed by atoms with Crippen molar-refractivity contribution >= 4 is 5.65 Å². The van der Waals surface area contributed by atoms with Gasteiger partial charge in [-0.2, -0.15) is 0 Å². The quantitative estimate of drug-likeness (QED) is 0.931. The Hall–Kier alpha value is -1.62. The van der Waals surface area contributed by atoms with Gasteiger partial charge in [0.2, 0.25) is 0 Å². The van der Waals surface area contributed by atoms with Crippen molar-refractivity contribution in [1.82, 2.24) is 19.5 Å². The van der Waals surface area contributed by atoms with Gasteiger partial charge in [-0.25, -0.2) is 0 Å². The highest BCUT2D eigenvalue weighted by atomic mass is 16.3. The fourth-order valence-corrected chi connectivity index (χ4v) is 3.06. The van der Waals surface area contributed by atoms with Gasteiger partial charge < -0.3 is 10.0 Å². The molecule has 1 saturated heterocycles. The molecule has 0 spiro atoms. The third kappa shape index (κ3) is 2.63. The van der Waals surface area contributed by atoms with Crippen LogP contribution in [0.4, 0.5) is 0 Å². The molecular formula is C15H22N4O. The van der Waals surface area contributed by atoms with E-state index in [1.165, 1.54) is 19.4 Å². The summed E-state index contributed by atoms with van der Waals surface area (Å²) in [5.74, 6) is 1.83. The van der Waals surface area contributed by atoms with Crippen LogP contribution in [-0.4, -0.2) is 43.7 Å². The van der Waals surface area contributed by atoms with Gasteiger partial charge in [0.15, 0.2) is 5.65 Å². The maximum absolute atomic E-state index is 9.61. The number of piperidine rings is 1. The molecule has 1 unspecified atom stereocenters. The summed E-state index contributed by atoms with van der Waals surface area (Å²) in [7, 11) is 0. The maximum atomic E-state index is 9.61. The van der Waals surface area contributed by atoms with Gasteiger partial charge in [-0.3, -0.25) is 4.40 Å². The Morgan fingerprint density at radius 1 is 1.35 bits per heavy atom. The van der Waals surface area contributed by atoms with E-state index in [1.807, 2.05) is 4.40 Å². The monoisotopic (exact) mass is 274 g/mol. The van der Waals surface area contributed by atoms with Gasteiger partial charge in [0, 0.05) is 19.0 Å². The predicted molar refractivity (Wildman–Crippen MR) is 77.8 cm³/mol. The molecule has 20 heavy (non-hydrogen) atoms. The average molecular weight is 274 g/mol. The van der Waals surface area contributed by atoms with Crippen LogP contribution in [-0.2, 0) is 6.42 Å². The Labute approximate surface area is 119 Å². The van der Waals surface area contributed by atoms with E-state index in [9.17, 15) is 5.11 Å². The molecule has 2 aromatic rings. The number of fused-ring (bicyclic) bond motifs is 1. The van der Waals surface area contributed by atoms with Crippen molar-refractivity contribution in [3.8, 4) is 5.75 Å². The van der Waals surface area contributed by atoms with Crippen LogP contribution in [0.3, 0.4) is 0 Å². The zero-order chi connectivity index (χ0) is 14.1. The van der Waals surface area contributed by atoms with Gasteiger partial charge in [-0.1, -0.05) is 0 Å². The largest absolute Gasteiger partial charge is 0.506 e. The van der Waals surface area contributed by atoms with Crippen LogP contribution in [0.1, 0.15) is 32.5 Å². The van der Waals surface area contributed by atoms with Crippen molar-refractivity contribution in [1.29, 1.82) is 0 Å². The van der Waals surface area contributed by atoms with Gasteiger partial charge in [0.25, 0.3) is 0 Å². The first-order valence-electron chi connectivity index (χ1n) is 7.40. The van der Waals surface area contributed by atoms with Gasteiger partial charge in [0.1, 0.15) is 11.6 Å². The SMILES string of the molecule is CC(C)N1CCCC(Cc2nnc3ccc(O)cn23)C1. The smallest absolute Gasteiger partial charge is 0.161 e. The molecule has 0 bridgehead atoms. The van der Waals surface area contributed by atoms with Crippen molar-refractivity contribution < 1.29 is 5.11 Å². The molecule has 1 atom stereocenters. The van der Waals surface area contributed by atoms with Gasteiger partial charge in [-0.15, -0.1) is 10.2 Å². The van der Waals surface area contributed by atoms with Crippen LogP contribution >= 0.6 is 0 Å². The Morgan fingerprint density at radius 3 is 3.00 bits per heavy atom. The number of aromatic nitrogens is 3. The Kier molecular flexibility index (Phi) is 3.61. The summed E-state index contributed by atoms with van der Waals surface area (Å²) in [6.07, 6.45) is 5.13. The highest BCUT2D eigenvalue weighted by molar-refractivity contribution is 5.41. The van der Waals surface area contributed by atoms with Crippen molar-refractivity contribution in [3.63, 3.8) is 0 Å². The molecule has 0 aromatic carbocycles. The lowest BCUT2D eigenvalue weighted by Gasteiger charge is -2.35. The molecule has 0 radical (unpaired) electrons.